The summed E-state index contributed by atoms with van der Waals surface area (Å²) in [5.41, 5.74) is 1.89. The molecule has 2 aromatic rings. The van der Waals surface area contributed by atoms with E-state index >= 15 is 0 Å². The maximum atomic E-state index is 13.3. The van der Waals surface area contributed by atoms with Gasteiger partial charge in [-0.1, -0.05) is 36.4 Å². The van der Waals surface area contributed by atoms with Crippen LogP contribution in [0.4, 0.5) is 0 Å². The molecule has 29 heavy (non-hydrogen) atoms. The van der Waals surface area contributed by atoms with Crippen molar-refractivity contribution in [2.75, 3.05) is 27.2 Å². The van der Waals surface area contributed by atoms with E-state index in [9.17, 15) is 13.2 Å². The second-order valence-electron chi connectivity index (χ2n) is 7.54. The highest BCUT2D eigenvalue weighted by molar-refractivity contribution is 7.89. The zero-order valence-electron chi connectivity index (χ0n) is 17.2. The number of rotatable bonds is 6. The molecule has 0 N–H and O–H groups in total. The van der Waals surface area contributed by atoms with E-state index in [2.05, 4.69) is 0 Å². The molecule has 0 aliphatic carbocycles. The van der Waals surface area contributed by atoms with Gasteiger partial charge in [0.05, 0.1) is 13.0 Å². The largest absolute Gasteiger partial charge is 0.495 e. The van der Waals surface area contributed by atoms with Gasteiger partial charge in [-0.25, -0.2) is 8.42 Å². The summed E-state index contributed by atoms with van der Waals surface area (Å²) in [4.78, 5) is 14.8. The van der Waals surface area contributed by atoms with Crippen LogP contribution in [0.25, 0.3) is 0 Å². The summed E-state index contributed by atoms with van der Waals surface area (Å²) in [6, 6.07) is 14.9. The van der Waals surface area contributed by atoms with Gasteiger partial charge in [0.25, 0.3) is 0 Å². The highest BCUT2D eigenvalue weighted by Crippen LogP contribution is 2.31. The Morgan fingerprint density at radius 3 is 2.62 bits per heavy atom. The molecule has 0 radical (unpaired) electrons. The molecule has 0 unspecified atom stereocenters. The Bertz CT molecular complexity index is 960. The van der Waals surface area contributed by atoms with Gasteiger partial charge in [-0.2, -0.15) is 4.31 Å². The number of sulfonamides is 1. The molecule has 2 aromatic carbocycles. The first-order valence-electron chi connectivity index (χ1n) is 9.76. The topological polar surface area (TPSA) is 66.9 Å². The molecule has 1 aliphatic heterocycles. The van der Waals surface area contributed by atoms with Gasteiger partial charge in [0, 0.05) is 26.7 Å². The zero-order chi connectivity index (χ0) is 21.0. The Morgan fingerprint density at radius 2 is 1.93 bits per heavy atom. The average Bonchev–Trinajstić information content (AvgIpc) is 2.74. The summed E-state index contributed by atoms with van der Waals surface area (Å²) in [6.45, 7) is 2.96. The number of nitrogens with zero attached hydrogens (tertiary/aromatic N) is 2. The van der Waals surface area contributed by atoms with Crippen molar-refractivity contribution < 1.29 is 17.9 Å². The Kier molecular flexibility index (Phi) is 6.59. The van der Waals surface area contributed by atoms with Crippen LogP contribution in [0.1, 0.15) is 24.0 Å². The molecular formula is C22H28N2O4S. The molecule has 1 aliphatic rings. The second-order valence-corrected chi connectivity index (χ2v) is 9.44. The van der Waals surface area contributed by atoms with Crippen LogP contribution >= 0.6 is 0 Å². The number of ether oxygens (including phenoxy) is 1. The van der Waals surface area contributed by atoms with Crippen LogP contribution in [0, 0.1) is 12.8 Å². The van der Waals surface area contributed by atoms with E-state index in [0.29, 0.717) is 31.7 Å². The number of aryl methyl sites for hydroxylation is 1. The second kappa shape index (κ2) is 8.97. The molecule has 0 bridgehead atoms. The fourth-order valence-corrected chi connectivity index (χ4v) is 5.50. The highest BCUT2D eigenvalue weighted by atomic mass is 32.2. The summed E-state index contributed by atoms with van der Waals surface area (Å²) in [5.74, 6) is -0.0433. The lowest BCUT2D eigenvalue weighted by Crippen LogP contribution is -2.45. The van der Waals surface area contributed by atoms with Crippen molar-refractivity contribution in [3.05, 3.63) is 59.7 Å². The van der Waals surface area contributed by atoms with Crippen LogP contribution in [0.3, 0.4) is 0 Å². The molecule has 0 saturated carbocycles. The van der Waals surface area contributed by atoms with E-state index in [0.717, 1.165) is 11.1 Å². The maximum Gasteiger partial charge on any atom is 0.246 e. The van der Waals surface area contributed by atoms with E-state index < -0.39 is 10.0 Å². The van der Waals surface area contributed by atoms with Crippen LogP contribution in [-0.2, 0) is 21.4 Å². The summed E-state index contributed by atoms with van der Waals surface area (Å²) in [7, 11) is -0.507. The summed E-state index contributed by atoms with van der Waals surface area (Å²) >= 11 is 0. The van der Waals surface area contributed by atoms with Gasteiger partial charge >= 0.3 is 0 Å². The average molecular weight is 417 g/mol. The molecule has 1 saturated heterocycles. The van der Waals surface area contributed by atoms with Gasteiger partial charge in [-0.3, -0.25) is 4.79 Å². The molecule has 0 aromatic heterocycles. The van der Waals surface area contributed by atoms with E-state index in [1.165, 1.54) is 11.4 Å². The molecule has 0 spiro atoms. The lowest BCUT2D eigenvalue weighted by molar-refractivity contribution is -0.135. The van der Waals surface area contributed by atoms with E-state index in [1.807, 2.05) is 43.3 Å². The fraction of sp³-hybridized carbons (Fsp3) is 0.409. The standard InChI is InChI=1S/C22H28N2O4S/c1-17-11-12-20(28-3)21(14-17)29(26,27)24-13-7-10-19(16-24)22(25)23(2)15-18-8-5-4-6-9-18/h4-6,8-9,11-12,14,19H,7,10,13,15-16H2,1-3H3/t19-/m1/s1. The van der Waals surface area contributed by atoms with Crippen molar-refractivity contribution in [2.45, 2.75) is 31.2 Å². The van der Waals surface area contributed by atoms with Crippen LogP contribution in [0.15, 0.2) is 53.4 Å². The minimum Gasteiger partial charge on any atom is -0.495 e. The van der Waals surface area contributed by atoms with Gasteiger partial charge in [0.1, 0.15) is 10.6 Å². The number of carbonyl (C=O) groups is 1. The molecule has 1 fully saturated rings. The van der Waals surface area contributed by atoms with Crippen molar-refractivity contribution in [3.63, 3.8) is 0 Å². The third kappa shape index (κ3) is 4.79. The highest BCUT2D eigenvalue weighted by Gasteiger charge is 2.35. The van der Waals surface area contributed by atoms with Crippen LogP contribution < -0.4 is 4.74 Å². The number of hydrogen-bond donors (Lipinski definition) is 0. The van der Waals surface area contributed by atoms with Crippen molar-refractivity contribution in [1.29, 1.82) is 0 Å². The molecule has 6 nitrogen and oxygen atoms in total. The molecule has 7 heteroatoms. The first-order chi connectivity index (χ1) is 13.8. The Morgan fingerprint density at radius 1 is 1.21 bits per heavy atom. The lowest BCUT2D eigenvalue weighted by Gasteiger charge is -2.33. The van der Waals surface area contributed by atoms with Crippen LogP contribution in [0.2, 0.25) is 0 Å². The molecule has 3 rings (SSSR count). The van der Waals surface area contributed by atoms with Crippen molar-refractivity contribution in [1.82, 2.24) is 9.21 Å². The van der Waals surface area contributed by atoms with Gasteiger partial charge in [0.15, 0.2) is 0 Å². The number of hydrogen-bond acceptors (Lipinski definition) is 4. The van der Waals surface area contributed by atoms with E-state index in [1.54, 1.807) is 24.1 Å². The van der Waals surface area contributed by atoms with Crippen molar-refractivity contribution >= 4 is 15.9 Å². The predicted molar refractivity (Wildman–Crippen MR) is 112 cm³/mol. The molecule has 1 amide bonds. The van der Waals surface area contributed by atoms with Gasteiger partial charge in [0.2, 0.25) is 15.9 Å². The fourth-order valence-electron chi connectivity index (χ4n) is 3.73. The molecule has 1 atom stereocenters. The van der Waals surface area contributed by atoms with E-state index in [4.69, 9.17) is 4.74 Å². The first-order valence-corrected chi connectivity index (χ1v) is 11.2. The number of carbonyl (C=O) groups excluding carboxylic acids is 1. The minimum atomic E-state index is -3.74. The molecule has 156 valence electrons. The quantitative estimate of drug-likeness (QED) is 0.726. The molecular weight excluding hydrogens is 388 g/mol. The number of amides is 1. The number of methoxy groups -OCH3 is 1. The summed E-state index contributed by atoms with van der Waals surface area (Å²) in [5, 5.41) is 0. The lowest BCUT2D eigenvalue weighted by atomic mass is 9.98. The zero-order valence-corrected chi connectivity index (χ0v) is 18.0. The monoisotopic (exact) mass is 416 g/mol. The van der Waals surface area contributed by atoms with Gasteiger partial charge < -0.3 is 9.64 Å². The normalized spacial score (nSPS) is 17.7. The summed E-state index contributed by atoms with van der Waals surface area (Å²) < 4.78 is 33.2. The summed E-state index contributed by atoms with van der Waals surface area (Å²) in [6.07, 6.45) is 1.35. The van der Waals surface area contributed by atoms with Crippen LogP contribution in [-0.4, -0.2) is 50.8 Å². The smallest absolute Gasteiger partial charge is 0.246 e. The van der Waals surface area contributed by atoms with Crippen molar-refractivity contribution in [2.24, 2.45) is 5.92 Å². The molecule has 1 heterocycles. The van der Waals surface area contributed by atoms with Gasteiger partial charge in [-0.05, 0) is 43.0 Å². The van der Waals surface area contributed by atoms with Crippen molar-refractivity contribution in [3.8, 4) is 5.75 Å². The van der Waals surface area contributed by atoms with E-state index in [-0.39, 0.29) is 23.3 Å². The third-order valence-corrected chi connectivity index (χ3v) is 7.20. The van der Waals surface area contributed by atoms with Crippen LogP contribution in [0.5, 0.6) is 5.75 Å². The predicted octanol–water partition coefficient (Wildman–Crippen LogP) is 3.06. The number of piperidine rings is 1. The minimum absolute atomic E-state index is 0.0232. The Hall–Kier alpha value is -2.38. The maximum absolute atomic E-state index is 13.3. The number of benzene rings is 2. The SMILES string of the molecule is COc1ccc(C)cc1S(=O)(=O)N1CCC[C@@H](C(=O)N(C)Cc2ccccc2)C1. The third-order valence-electron chi connectivity index (χ3n) is 5.31. The van der Waals surface area contributed by atoms with Gasteiger partial charge in [-0.15, -0.1) is 0 Å². The first kappa shape index (κ1) is 21.3. The Balaban J connectivity index is 1.76. The Labute approximate surface area is 173 Å².